The van der Waals surface area contributed by atoms with Gasteiger partial charge < -0.3 is 5.32 Å². The lowest BCUT2D eigenvalue weighted by Gasteiger charge is -2.19. The van der Waals surface area contributed by atoms with Gasteiger partial charge in [0.2, 0.25) is 0 Å². The number of hydrogen-bond donors (Lipinski definition) is 1. The van der Waals surface area contributed by atoms with E-state index in [2.05, 4.69) is 10.4 Å². The van der Waals surface area contributed by atoms with Crippen LogP contribution >= 0.6 is 0 Å². The van der Waals surface area contributed by atoms with E-state index in [1.807, 2.05) is 0 Å². The first-order valence-corrected chi connectivity index (χ1v) is 6.79. The zero-order valence-electron chi connectivity index (χ0n) is 11.5. The van der Waals surface area contributed by atoms with Crippen LogP contribution < -0.4 is 5.32 Å². The lowest BCUT2D eigenvalue weighted by Crippen LogP contribution is -2.30. The molecule has 0 radical (unpaired) electrons. The number of aromatic nitrogens is 2. The van der Waals surface area contributed by atoms with Crippen LogP contribution in [0.5, 0.6) is 0 Å². The van der Waals surface area contributed by atoms with Gasteiger partial charge in [-0.2, -0.15) is 5.10 Å². The third-order valence-corrected chi connectivity index (χ3v) is 3.64. The summed E-state index contributed by atoms with van der Waals surface area (Å²) in [6, 6.07) is 2.82. The molecule has 1 N–H and O–H groups in total. The van der Waals surface area contributed by atoms with Crippen LogP contribution in [0, 0.1) is 17.6 Å². The fourth-order valence-corrected chi connectivity index (χ4v) is 2.40. The molecular weight excluding hydrogens is 276 g/mol. The largest absolute Gasteiger partial charge is 0.345 e. The van der Waals surface area contributed by atoms with Crippen molar-refractivity contribution in [3.05, 3.63) is 53.4 Å². The molecule has 110 valence electrons. The highest BCUT2D eigenvalue weighted by molar-refractivity contribution is 5.94. The van der Waals surface area contributed by atoms with E-state index in [9.17, 15) is 13.6 Å². The van der Waals surface area contributed by atoms with Crippen LogP contribution in [0.4, 0.5) is 8.78 Å². The average Bonchev–Trinajstić information content (AvgIpc) is 3.20. The lowest BCUT2D eigenvalue weighted by atomic mass is 10.0. The van der Waals surface area contributed by atoms with Crippen molar-refractivity contribution in [3.8, 4) is 0 Å². The first kappa shape index (κ1) is 13.7. The molecule has 1 heterocycles. The second-order valence-corrected chi connectivity index (χ2v) is 5.36. The number of benzene rings is 1. The summed E-state index contributed by atoms with van der Waals surface area (Å²) in [6.07, 6.45) is 4.82. The van der Waals surface area contributed by atoms with E-state index < -0.39 is 17.7 Å². The Morgan fingerprint density at radius 3 is 2.81 bits per heavy atom. The molecule has 1 atom stereocenters. The summed E-state index contributed by atoms with van der Waals surface area (Å²) in [4.78, 5) is 12.2. The number of rotatable bonds is 4. The molecular formula is C15H15F2N3O. The predicted octanol–water partition coefficient (Wildman–Crippen LogP) is 2.58. The molecule has 21 heavy (non-hydrogen) atoms. The Labute approximate surface area is 120 Å². The van der Waals surface area contributed by atoms with Crippen molar-refractivity contribution in [1.82, 2.24) is 15.1 Å². The maximum absolute atomic E-state index is 13.9. The van der Waals surface area contributed by atoms with Crippen molar-refractivity contribution >= 4 is 5.91 Å². The zero-order chi connectivity index (χ0) is 15.0. The number of hydrogen-bond acceptors (Lipinski definition) is 2. The summed E-state index contributed by atoms with van der Waals surface area (Å²) in [7, 11) is 1.71. The number of aryl methyl sites for hydroxylation is 1. The van der Waals surface area contributed by atoms with Gasteiger partial charge in [0.15, 0.2) is 0 Å². The maximum atomic E-state index is 13.9. The van der Waals surface area contributed by atoms with E-state index in [0.717, 1.165) is 31.0 Å². The van der Waals surface area contributed by atoms with Crippen LogP contribution in [0.15, 0.2) is 30.6 Å². The Balaban J connectivity index is 1.85. The van der Waals surface area contributed by atoms with E-state index in [1.165, 1.54) is 10.9 Å². The van der Waals surface area contributed by atoms with Crippen molar-refractivity contribution in [1.29, 1.82) is 0 Å². The van der Waals surface area contributed by atoms with E-state index in [-0.39, 0.29) is 17.4 Å². The monoisotopic (exact) mass is 291 g/mol. The van der Waals surface area contributed by atoms with Gasteiger partial charge in [-0.05, 0) is 37.0 Å². The molecule has 0 aliphatic heterocycles. The molecule has 1 fully saturated rings. The van der Waals surface area contributed by atoms with Gasteiger partial charge in [-0.1, -0.05) is 0 Å². The van der Waals surface area contributed by atoms with Crippen molar-refractivity contribution in [2.24, 2.45) is 13.0 Å². The molecule has 4 nitrogen and oxygen atoms in total. The number of nitrogens with one attached hydrogen (secondary N) is 1. The number of nitrogens with zero attached hydrogens (tertiary/aromatic N) is 2. The lowest BCUT2D eigenvalue weighted by molar-refractivity contribution is 0.0931. The van der Waals surface area contributed by atoms with Gasteiger partial charge >= 0.3 is 0 Å². The van der Waals surface area contributed by atoms with Crippen LogP contribution in [0.2, 0.25) is 0 Å². The summed E-state index contributed by atoms with van der Waals surface area (Å²) in [5, 5.41) is 6.73. The van der Waals surface area contributed by atoms with Gasteiger partial charge in [-0.25, -0.2) is 8.78 Å². The highest BCUT2D eigenvalue weighted by Crippen LogP contribution is 2.42. The molecule has 1 amide bonds. The van der Waals surface area contributed by atoms with Crippen molar-refractivity contribution in [2.45, 2.75) is 18.9 Å². The van der Waals surface area contributed by atoms with Crippen molar-refractivity contribution in [3.63, 3.8) is 0 Å². The summed E-state index contributed by atoms with van der Waals surface area (Å²) in [6.45, 7) is 0. The molecule has 0 spiro atoms. The Morgan fingerprint density at radius 2 is 2.19 bits per heavy atom. The molecule has 0 bridgehead atoms. The second-order valence-electron chi connectivity index (χ2n) is 5.36. The quantitative estimate of drug-likeness (QED) is 0.941. The minimum Gasteiger partial charge on any atom is -0.345 e. The summed E-state index contributed by atoms with van der Waals surface area (Å²) >= 11 is 0. The second kappa shape index (κ2) is 5.27. The number of carbonyl (C=O) groups is 1. The smallest absolute Gasteiger partial charge is 0.254 e. The number of amides is 1. The van der Waals surface area contributed by atoms with E-state index in [4.69, 9.17) is 0 Å². The maximum Gasteiger partial charge on any atom is 0.254 e. The van der Waals surface area contributed by atoms with Crippen LogP contribution in [-0.4, -0.2) is 15.7 Å². The molecule has 1 aliphatic rings. The van der Waals surface area contributed by atoms with Crippen LogP contribution in [0.3, 0.4) is 0 Å². The molecule has 0 unspecified atom stereocenters. The van der Waals surface area contributed by atoms with Gasteiger partial charge in [0.05, 0.1) is 17.8 Å². The highest BCUT2D eigenvalue weighted by Gasteiger charge is 2.35. The molecule has 6 heteroatoms. The third-order valence-electron chi connectivity index (χ3n) is 3.64. The normalized spacial score (nSPS) is 15.8. The van der Waals surface area contributed by atoms with Crippen molar-refractivity contribution < 1.29 is 13.6 Å². The van der Waals surface area contributed by atoms with Gasteiger partial charge in [0.25, 0.3) is 5.91 Å². The summed E-state index contributed by atoms with van der Waals surface area (Å²) in [5.41, 5.74) is 0.606. The minimum atomic E-state index is -0.507. The Hall–Kier alpha value is -2.24. The Bertz CT molecular complexity index is 679. The zero-order valence-corrected chi connectivity index (χ0v) is 11.5. The fourth-order valence-electron chi connectivity index (χ4n) is 2.40. The number of halogens is 2. The number of carbonyl (C=O) groups excluding carboxylic acids is 1. The van der Waals surface area contributed by atoms with Gasteiger partial charge in [0, 0.05) is 18.8 Å². The van der Waals surface area contributed by atoms with E-state index in [0.29, 0.717) is 5.56 Å². The topological polar surface area (TPSA) is 46.9 Å². The fraction of sp³-hybridized carbons (Fsp3) is 0.333. The Morgan fingerprint density at radius 1 is 1.43 bits per heavy atom. The SMILES string of the molecule is Cn1cc(C(=O)N[C@@H](c2cc(F)ccc2F)C2CC2)cn1. The van der Waals surface area contributed by atoms with Crippen LogP contribution in [0.1, 0.15) is 34.8 Å². The molecule has 2 aromatic rings. The predicted molar refractivity (Wildman–Crippen MR) is 72.5 cm³/mol. The highest BCUT2D eigenvalue weighted by atomic mass is 19.1. The average molecular weight is 291 g/mol. The molecule has 1 aromatic carbocycles. The van der Waals surface area contributed by atoms with Crippen molar-refractivity contribution in [2.75, 3.05) is 0 Å². The van der Waals surface area contributed by atoms with Gasteiger partial charge in [-0.3, -0.25) is 9.48 Å². The van der Waals surface area contributed by atoms with Gasteiger partial charge in [0.1, 0.15) is 11.6 Å². The third kappa shape index (κ3) is 2.94. The van der Waals surface area contributed by atoms with Crippen LogP contribution in [-0.2, 0) is 7.05 Å². The molecule has 1 saturated carbocycles. The molecule has 3 rings (SSSR count). The van der Waals surface area contributed by atoms with E-state index in [1.54, 1.807) is 13.2 Å². The Kier molecular flexibility index (Phi) is 3.45. The van der Waals surface area contributed by atoms with E-state index >= 15 is 0 Å². The summed E-state index contributed by atoms with van der Waals surface area (Å²) < 4.78 is 28.8. The molecule has 1 aliphatic carbocycles. The molecule has 0 saturated heterocycles. The first-order valence-electron chi connectivity index (χ1n) is 6.79. The summed E-state index contributed by atoms with van der Waals surface area (Å²) in [5.74, 6) is -1.18. The van der Waals surface area contributed by atoms with Crippen LogP contribution in [0.25, 0.3) is 0 Å². The minimum absolute atomic E-state index is 0.155. The first-order chi connectivity index (χ1) is 10.0. The standard InChI is InChI=1S/C15H15F2N3O/c1-20-8-10(7-18-20)15(21)19-14(9-2-3-9)12-6-11(16)4-5-13(12)17/h4-9,14H,2-3H2,1H3,(H,19,21)/t14-/m1/s1. The molecule has 1 aromatic heterocycles. The van der Waals surface area contributed by atoms with Gasteiger partial charge in [-0.15, -0.1) is 0 Å².